The Labute approximate surface area is 165 Å². The SMILES string of the molecule is COc1ccc2c(c1)c(=O)oc1cc(OCC(=O)NCc3ccc(C)o3)ccc12. The number of furan rings is 1. The van der Waals surface area contributed by atoms with Crippen LogP contribution in [0, 0.1) is 6.92 Å². The Morgan fingerprint density at radius 2 is 1.76 bits per heavy atom. The highest BCUT2D eigenvalue weighted by Crippen LogP contribution is 2.28. The molecule has 2 aromatic heterocycles. The van der Waals surface area contributed by atoms with E-state index < -0.39 is 5.63 Å². The van der Waals surface area contributed by atoms with Crippen LogP contribution in [0.1, 0.15) is 11.5 Å². The van der Waals surface area contributed by atoms with Gasteiger partial charge in [0, 0.05) is 16.8 Å². The topological polar surface area (TPSA) is 90.9 Å². The predicted octanol–water partition coefficient (Wildman–Crippen LogP) is 3.55. The van der Waals surface area contributed by atoms with Gasteiger partial charge >= 0.3 is 5.63 Å². The van der Waals surface area contributed by atoms with E-state index in [9.17, 15) is 9.59 Å². The van der Waals surface area contributed by atoms with Crippen molar-refractivity contribution in [2.45, 2.75) is 13.5 Å². The van der Waals surface area contributed by atoms with E-state index >= 15 is 0 Å². The molecule has 7 nitrogen and oxygen atoms in total. The van der Waals surface area contributed by atoms with Gasteiger partial charge in [-0.25, -0.2) is 4.79 Å². The highest BCUT2D eigenvalue weighted by Gasteiger charge is 2.11. The summed E-state index contributed by atoms with van der Waals surface area (Å²) in [4.78, 5) is 24.3. The lowest BCUT2D eigenvalue weighted by atomic mass is 10.1. The molecule has 0 aliphatic rings. The molecule has 0 unspecified atom stereocenters. The minimum Gasteiger partial charge on any atom is -0.497 e. The molecule has 0 aliphatic heterocycles. The number of amides is 1. The molecule has 0 atom stereocenters. The minimum atomic E-state index is -0.463. The zero-order chi connectivity index (χ0) is 20.4. The van der Waals surface area contributed by atoms with Gasteiger partial charge in [0.15, 0.2) is 6.61 Å². The van der Waals surface area contributed by atoms with Crippen molar-refractivity contribution in [1.29, 1.82) is 0 Å². The Bertz CT molecular complexity index is 1250. The molecule has 148 valence electrons. The molecule has 0 aliphatic carbocycles. The van der Waals surface area contributed by atoms with Crippen LogP contribution in [0.3, 0.4) is 0 Å². The molecule has 1 amide bonds. The molecule has 29 heavy (non-hydrogen) atoms. The van der Waals surface area contributed by atoms with E-state index in [-0.39, 0.29) is 19.1 Å². The molecule has 4 aromatic rings. The first-order chi connectivity index (χ1) is 14.0. The Hall–Kier alpha value is -3.74. The smallest absolute Gasteiger partial charge is 0.344 e. The van der Waals surface area contributed by atoms with Gasteiger partial charge in [-0.3, -0.25) is 4.79 Å². The molecule has 2 aromatic carbocycles. The van der Waals surface area contributed by atoms with E-state index in [1.165, 1.54) is 0 Å². The largest absolute Gasteiger partial charge is 0.497 e. The van der Waals surface area contributed by atoms with Gasteiger partial charge in [0.2, 0.25) is 0 Å². The number of carbonyl (C=O) groups excluding carboxylic acids is 1. The number of hydrogen-bond acceptors (Lipinski definition) is 6. The van der Waals surface area contributed by atoms with Crippen LogP contribution in [0.4, 0.5) is 0 Å². The maximum Gasteiger partial charge on any atom is 0.344 e. The normalized spacial score (nSPS) is 11.0. The highest BCUT2D eigenvalue weighted by atomic mass is 16.5. The fraction of sp³-hybridized carbons (Fsp3) is 0.182. The molecule has 1 N–H and O–H groups in total. The van der Waals surface area contributed by atoms with Gasteiger partial charge in [0.05, 0.1) is 19.0 Å². The average molecular weight is 393 g/mol. The van der Waals surface area contributed by atoms with E-state index in [4.69, 9.17) is 18.3 Å². The molecule has 0 spiro atoms. The van der Waals surface area contributed by atoms with Crippen LogP contribution in [-0.2, 0) is 11.3 Å². The van der Waals surface area contributed by atoms with Crippen molar-refractivity contribution in [2.24, 2.45) is 0 Å². The summed E-state index contributed by atoms with van der Waals surface area (Å²) < 4.78 is 21.5. The van der Waals surface area contributed by atoms with E-state index in [0.717, 1.165) is 16.5 Å². The van der Waals surface area contributed by atoms with Crippen molar-refractivity contribution in [3.8, 4) is 11.5 Å². The molecule has 0 radical (unpaired) electrons. The lowest BCUT2D eigenvalue weighted by Gasteiger charge is -2.09. The summed E-state index contributed by atoms with van der Waals surface area (Å²) in [6.07, 6.45) is 0. The first kappa shape index (κ1) is 18.6. The Balaban J connectivity index is 1.49. The second kappa shape index (κ2) is 7.71. The van der Waals surface area contributed by atoms with Crippen molar-refractivity contribution >= 4 is 27.6 Å². The molecular formula is C22H19NO6. The lowest BCUT2D eigenvalue weighted by molar-refractivity contribution is -0.123. The van der Waals surface area contributed by atoms with E-state index in [1.807, 2.05) is 25.1 Å². The summed E-state index contributed by atoms with van der Waals surface area (Å²) in [6, 6.07) is 14.0. The molecule has 4 rings (SSSR count). The number of methoxy groups -OCH3 is 1. The fourth-order valence-electron chi connectivity index (χ4n) is 3.07. The number of ether oxygens (including phenoxy) is 2. The number of nitrogens with one attached hydrogen (secondary N) is 1. The van der Waals surface area contributed by atoms with Crippen LogP contribution in [0.2, 0.25) is 0 Å². The highest BCUT2D eigenvalue weighted by molar-refractivity contribution is 6.04. The quantitative estimate of drug-likeness (QED) is 0.398. The summed E-state index contributed by atoms with van der Waals surface area (Å²) in [7, 11) is 1.54. The standard InChI is InChI=1S/C22H19NO6/c1-13-3-4-16(28-13)11-23-21(24)12-27-15-6-8-18-17-7-5-14(26-2)9-19(17)22(25)29-20(18)10-15/h3-10H,11-12H2,1-2H3,(H,23,24). The third-order valence-corrected chi connectivity index (χ3v) is 4.52. The van der Waals surface area contributed by atoms with Crippen LogP contribution < -0.4 is 20.4 Å². The third kappa shape index (κ3) is 3.94. The van der Waals surface area contributed by atoms with Crippen LogP contribution in [-0.4, -0.2) is 19.6 Å². The van der Waals surface area contributed by atoms with Crippen molar-refractivity contribution in [1.82, 2.24) is 5.32 Å². The van der Waals surface area contributed by atoms with Gasteiger partial charge in [0.1, 0.15) is 28.6 Å². The fourth-order valence-corrected chi connectivity index (χ4v) is 3.07. The maximum atomic E-state index is 12.3. The molecule has 2 heterocycles. The summed E-state index contributed by atoms with van der Waals surface area (Å²) in [5, 5.41) is 4.69. The maximum absolute atomic E-state index is 12.3. The van der Waals surface area contributed by atoms with Crippen molar-refractivity contribution < 1.29 is 23.1 Å². The molecule has 0 saturated heterocycles. The molecule has 0 fully saturated rings. The van der Waals surface area contributed by atoms with Gasteiger partial charge in [-0.1, -0.05) is 0 Å². The van der Waals surface area contributed by atoms with E-state index in [0.29, 0.717) is 28.2 Å². The number of aryl methyl sites for hydroxylation is 1. The zero-order valence-electron chi connectivity index (χ0n) is 16.0. The van der Waals surface area contributed by atoms with Crippen LogP contribution in [0.25, 0.3) is 21.7 Å². The second-order valence-electron chi connectivity index (χ2n) is 6.54. The number of benzene rings is 2. The summed E-state index contributed by atoms with van der Waals surface area (Å²) >= 11 is 0. The Kier molecular flexibility index (Phi) is 4.95. The number of carbonyl (C=O) groups is 1. The summed E-state index contributed by atoms with van der Waals surface area (Å²) in [6.45, 7) is 1.96. The minimum absolute atomic E-state index is 0.166. The molecule has 0 saturated carbocycles. The number of hydrogen-bond donors (Lipinski definition) is 1. The van der Waals surface area contributed by atoms with E-state index in [1.54, 1.807) is 37.4 Å². The first-order valence-electron chi connectivity index (χ1n) is 9.03. The summed E-state index contributed by atoms with van der Waals surface area (Å²) in [5.41, 5.74) is -0.0772. The lowest BCUT2D eigenvalue weighted by Crippen LogP contribution is -2.28. The van der Waals surface area contributed by atoms with Crippen LogP contribution >= 0.6 is 0 Å². The van der Waals surface area contributed by atoms with Gasteiger partial charge < -0.3 is 23.6 Å². The Morgan fingerprint density at radius 3 is 2.52 bits per heavy atom. The van der Waals surface area contributed by atoms with Gasteiger partial charge in [-0.05, 0) is 49.4 Å². The molecule has 7 heteroatoms. The Morgan fingerprint density at radius 1 is 0.966 bits per heavy atom. The summed E-state index contributed by atoms with van der Waals surface area (Å²) in [5.74, 6) is 2.18. The van der Waals surface area contributed by atoms with Crippen molar-refractivity contribution in [3.05, 3.63) is 70.5 Å². The van der Waals surface area contributed by atoms with Gasteiger partial charge in [-0.15, -0.1) is 0 Å². The molecule has 0 bridgehead atoms. The number of rotatable bonds is 6. The van der Waals surface area contributed by atoms with Gasteiger partial charge in [0.25, 0.3) is 5.91 Å². The first-order valence-corrected chi connectivity index (χ1v) is 9.03. The van der Waals surface area contributed by atoms with Crippen molar-refractivity contribution in [2.75, 3.05) is 13.7 Å². The van der Waals surface area contributed by atoms with Crippen LogP contribution in [0.15, 0.2) is 62.2 Å². The third-order valence-electron chi connectivity index (χ3n) is 4.52. The zero-order valence-corrected chi connectivity index (χ0v) is 16.0. The van der Waals surface area contributed by atoms with Crippen molar-refractivity contribution in [3.63, 3.8) is 0 Å². The van der Waals surface area contributed by atoms with Gasteiger partial charge in [-0.2, -0.15) is 0 Å². The average Bonchev–Trinajstić information content (AvgIpc) is 3.15. The number of fused-ring (bicyclic) bond motifs is 3. The van der Waals surface area contributed by atoms with E-state index in [2.05, 4.69) is 5.32 Å². The monoisotopic (exact) mass is 393 g/mol. The molecular weight excluding hydrogens is 374 g/mol. The van der Waals surface area contributed by atoms with Crippen LogP contribution in [0.5, 0.6) is 11.5 Å². The second-order valence-corrected chi connectivity index (χ2v) is 6.54. The predicted molar refractivity (Wildman–Crippen MR) is 107 cm³/mol.